The van der Waals surface area contributed by atoms with Gasteiger partial charge in [0, 0.05) is 17.5 Å². The average Bonchev–Trinajstić information content (AvgIpc) is 3.27. The molecule has 35 heavy (non-hydrogen) atoms. The second-order valence-electron chi connectivity index (χ2n) is 7.27. The van der Waals surface area contributed by atoms with Crippen molar-refractivity contribution in [3.63, 3.8) is 0 Å². The minimum Gasteiger partial charge on any atom is -0.488 e. The van der Waals surface area contributed by atoms with Crippen molar-refractivity contribution in [1.29, 1.82) is 0 Å². The molecule has 1 aromatic heterocycles. The van der Waals surface area contributed by atoms with Crippen LogP contribution < -0.4 is 10.2 Å². The molecule has 11 heteroatoms. The normalized spacial score (nSPS) is 11.0. The first-order valence-electron chi connectivity index (χ1n) is 10.1. The lowest BCUT2D eigenvalue weighted by Crippen LogP contribution is -2.16. The summed E-state index contributed by atoms with van der Waals surface area (Å²) < 4.78 is 11.9. The van der Waals surface area contributed by atoms with Gasteiger partial charge in [-0.25, -0.2) is 10.2 Å². The number of amides is 1. The number of rotatable bonds is 8. The number of nitrogens with one attached hydrogen (secondary N) is 1. The molecule has 4 aromatic rings. The minimum absolute atomic E-state index is 0.0287. The first-order valence-corrected chi connectivity index (χ1v) is 10.9. The molecular weight excluding hydrogens is 522 g/mol. The molecule has 0 aliphatic carbocycles. The highest BCUT2D eigenvalue weighted by Gasteiger charge is 2.14. The number of carbonyl (C=O) groups is 2. The second kappa shape index (κ2) is 10.2. The molecular formula is C24H16BrN3O7. The van der Waals surface area contributed by atoms with Gasteiger partial charge in [-0.3, -0.25) is 14.9 Å². The number of hydrazone groups is 1. The Hall–Kier alpha value is -4.51. The Labute approximate surface area is 206 Å². The van der Waals surface area contributed by atoms with Crippen LogP contribution in [0.4, 0.5) is 5.69 Å². The van der Waals surface area contributed by atoms with Crippen molar-refractivity contribution in [2.24, 2.45) is 5.10 Å². The smallest absolute Gasteiger partial charge is 0.335 e. The topological polar surface area (TPSA) is 144 Å². The second-order valence-corrected chi connectivity index (χ2v) is 8.12. The molecule has 2 N–H and O–H groups in total. The van der Waals surface area contributed by atoms with Crippen LogP contribution in [0.1, 0.15) is 32.0 Å². The number of non-ortho nitro benzene ring substituents is 1. The van der Waals surface area contributed by atoms with Crippen molar-refractivity contribution >= 4 is 50.7 Å². The maximum atomic E-state index is 12.3. The van der Waals surface area contributed by atoms with E-state index in [0.717, 1.165) is 5.56 Å². The van der Waals surface area contributed by atoms with E-state index in [9.17, 15) is 19.7 Å². The monoisotopic (exact) mass is 537 g/mol. The molecule has 0 unspecified atom stereocenters. The average molecular weight is 538 g/mol. The number of fused-ring (bicyclic) bond motifs is 1. The predicted molar refractivity (Wildman–Crippen MR) is 130 cm³/mol. The third-order valence-electron chi connectivity index (χ3n) is 4.87. The largest absolute Gasteiger partial charge is 0.488 e. The van der Waals surface area contributed by atoms with Crippen LogP contribution >= 0.6 is 15.9 Å². The van der Waals surface area contributed by atoms with Crippen LogP contribution in [0.5, 0.6) is 5.75 Å². The molecule has 4 rings (SSSR count). The molecule has 0 aliphatic heterocycles. The van der Waals surface area contributed by atoms with E-state index in [-0.39, 0.29) is 23.6 Å². The van der Waals surface area contributed by atoms with Gasteiger partial charge in [0.25, 0.3) is 5.69 Å². The Balaban J connectivity index is 1.35. The van der Waals surface area contributed by atoms with Crippen molar-refractivity contribution in [2.45, 2.75) is 6.61 Å². The number of carboxylic acids is 1. The fourth-order valence-electron chi connectivity index (χ4n) is 3.10. The highest BCUT2D eigenvalue weighted by atomic mass is 79.9. The lowest BCUT2D eigenvalue weighted by Gasteiger charge is -2.09. The van der Waals surface area contributed by atoms with Gasteiger partial charge in [-0.1, -0.05) is 12.1 Å². The number of ether oxygens (including phenoxy) is 1. The Bertz CT molecular complexity index is 1460. The molecule has 10 nitrogen and oxygen atoms in total. The van der Waals surface area contributed by atoms with Gasteiger partial charge in [0.15, 0.2) is 5.76 Å². The first-order chi connectivity index (χ1) is 16.8. The molecule has 1 amide bonds. The number of carboxylic acid groups (broad SMARTS) is 1. The van der Waals surface area contributed by atoms with E-state index < -0.39 is 16.8 Å². The van der Waals surface area contributed by atoms with Gasteiger partial charge in [-0.15, -0.1) is 0 Å². The Kier molecular flexibility index (Phi) is 6.88. The summed E-state index contributed by atoms with van der Waals surface area (Å²) in [6.45, 7) is 0.253. The van der Waals surface area contributed by atoms with Crippen molar-refractivity contribution in [3.05, 3.63) is 104 Å². The molecule has 0 fully saturated rings. The van der Waals surface area contributed by atoms with Gasteiger partial charge in [-0.05, 0) is 69.5 Å². The summed E-state index contributed by atoms with van der Waals surface area (Å²) in [5, 5.41) is 24.2. The zero-order valence-electron chi connectivity index (χ0n) is 17.8. The Morgan fingerprint density at radius 2 is 1.89 bits per heavy atom. The minimum atomic E-state index is -0.988. The van der Waals surface area contributed by atoms with Crippen LogP contribution in [-0.4, -0.2) is 28.1 Å². The fourth-order valence-corrected chi connectivity index (χ4v) is 3.61. The number of aromatic carboxylic acids is 1. The zero-order chi connectivity index (χ0) is 24.9. The quantitative estimate of drug-likeness (QED) is 0.179. The van der Waals surface area contributed by atoms with Crippen LogP contribution in [0.25, 0.3) is 11.0 Å². The highest BCUT2D eigenvalue weighted by Crippen LogP contribution is 2.27. The summed E-state index contributed by atoms with van der Waals surface area (Å²) in [7, 11) is 0. The molecule has 3 aromatic carbocycles. The van der Waals surface area contributed by atoms with E-state index in [4.69, 9.17) is 14.3 Å². The maximum absolute atomic E-state index is 12.3. The van der Waals surface area contributed by atoms with E-state index in [1.807, 2.05) is 0 Å². The van der Waals surface area contributed by atoms with Crippen molar-refractivity contribution in [3.8, 4) is 5.75 Å². The van der Waals surface area contributed by atoms with Gasteiger partial charge in [-0.2, -0.15) is 5.10 Å². The summed E-state index contributed by atoms with van der Waals surface area (Å²) >= 11 is 3.43. The van der Waals surface area contributed by atoms with Gasteiger partial charge in [0.05, 0.1) is 21.2 Å². The molecule has 0 aliphatic rings. The standard InChI is InChI=1S/C24H16BrN3O7/c25-19-9-15(3-7-21(19)34-13-14-1-4-16(5-2-14)24(30)31)12-26-27-23(29)22-11-17-10-18(28(32)33)6-8-20(17)35-22/h1-12H,13H2,(H,27,29)(H,30,31)/b26-12-. The number of benzene rings is 3. The maximum Gasteiger partial charge on any atom is 0.335 e. The Morgan fingerprint density at radius 1 is 1.11 bits per heavy atom. The lowest BCUT2D eigenvalue weighted by molar-refractivity contribution is -0.384. The van der Waals surface area contributed by atoms with Crippen molar-refractivity contribution in [1.82, 2.24) is 5.43 Å². The van der Waals surface area contributed by atoms with E-state index in [1.54, 1.807) is 30.3 Å². The van der Waals surface area contributed by atoms with Crippen LogP contribution in [-0.2, 0) is 6.61 Å². The molecule has 1 heterocycles. The van der Waals surface area contributed by atoms with Gasteiger partial charge < -0.3 is 14.3 Å². The van der Waals surface area contributed by atoms with E-state index in [1.165, 1.54) is 42.6 Å². The molecule has 0 saturated carbocycles. The first kappa shape index (κ1) is 23.6. The van der Waals surface area contributed by atoms with Crippen molar-refractivity contribution < 1.29 is 28.8 Å². The van der Waals surface area contributed by atoms with Crippen LogP contribution in [0.15, 0.2) is 80.7 Å². The number of nitro benzene ring substituents is 1. The van der Waals surface area contributed by atoms with Crippen LogP contribution in [0.3, 0.4) is 0 Å². The molecule has 0 saturated heterocycles. The number of hydrogen-bond donors (Lipinski definition) is 2. The summed E-state index contributed by atoms with van der Waals surface area (Å²) in [4.78, 5) is 33.6. The van der Waals surface area contributed by atoms with Crippen LogP contribution in [0, 0.1) is 10.1 Å². The number of halogens is 1. The van der Waals surface area contributed by atoms with Gasteiger partial charge in [0.1, 0.15) is 17.9 Å². The van der Waals surface area contributed by atoms with Gasteiger partial charge in [0.2, 0.25) is 0 Å². The highest BCUT2D eigenvalue weighted by molar-refractivity contribution is 9.10. The van der Waals surface area contributed by atoms with E-state index in [0.29, 0.717) is 26.8 Å². The summed E-state index contributed by atoms with van der Waals surface area (Å²) in [6.07, 6.45) is 1.44. The number of furan rings is 1. The number of nitrogens with zero attached hydrogens (tertiary/aromatic N) is 2. The molecule has 0 radical (unpaired) electrons. The molecule has 0 atom stereocenters. The summed E-state index contributed by atoms with van der Waals surface area (Å²) in [5.74, 6) is -1.05. The molecule has 0 bridgehead atoms. The van der Waals surface area contributed by atoms with E-state index >= 15 is 0 Å². The van der Waals surface area contributed by atoms with E-state index in [2.05, 4.69) is 26.5 Å². The number of nitro groups is 1. The third kappa shape index (κ3) is 5.71. The van der Waals surface area contributed by atoms with Crippen LogP contribution in [0.2, 0.25) is 0 Å². The number of carbonyl (C=O) groups excluding carboxylic acids is 1. The summed E-state index contributed by atoms with van der Waals surface area (Å²) in [5.41, 5.74) is 4.30. The molecule has 0 spiro atoms. The SMILES string of the molecule is O=C(O)c1ccc(COc2ccc(/C=N\NC(=O)c3cc4cc([N+](=O)[O-])ccc4o3)cc2Br)cc1. The molecule has 176 valence electrons. The van der Waals surface area contributed by atoms with Gasteiger partial charge >= 0.3 is 11.9 Å². The Morgan fingerprint density at radius 3 is 2.57 bits per heavy atom. The lowest BCUT2D eigenvalue weighted by atomic mass is 10.1. The van der Waals surface area contributed by atoms with Crippen molar-refractivity contribution in [2.75, 3.05) is 0 Å². The predicted octanol–water partition coefficient (Wildman–Crippen LogP) is 5.14. The zero-order valence-corrected chi connectivity index (χ0v) is 19.4. The fraction of sp³-hybridized carbons (Fsp3) is 0.0417. The third-order valence-corrected chi connectivity index (χ3v) is 5.49. The number of hydrogen-bond acceptors (Lipinski definition) is 7. The summed E-state index contributed by atoms with van der Waals surface area (Å²) in [6, 6.07) is 17.1.